The maximum Gasteiger partial charge on any atom is 0.309 e. The van der Waals surface area contributed by atoms with Crippen LogP contribution in [0.3, 0.4) is 0 Å². The number of carboxylic acid groups (broad SMARTS) is 1. The predicted molar refractivity (Wildman–Crippen MR) is 150 cm³/mol. The van der Waals surface area contributed by atoms with Crippen molar-refractivity contribution in [3.63, 3.8) is 0 Å². The molecule has 2 aromatic heterocycles. The summed E-state index contributed by atoms with van der Waals surface area (Å²) in [6.45, 7) is 2.51. The second-order valence-corrected chi connectivity index (χ2v) is 9.73. The molecule has 0 bridgehead atoms. The first-order valence-corrected chi connectivity index (χ1v) is 13.2. The molecule has 0 unspecified atom stereocenters. The van der Waals surface area contributed by atoms with Crippen LogP contribution in [-0.2, 0) is 35.4 Å². The number of amides is 1. The van der Waals surface area contributed by atoms with Gasteiger partial charge >= 0.3 is 5.97 Å². The summed E-state index contributed by atoms with van der Waals surface area (Å²) in [7, 11) is 0. The fraction of sp³-hybridized carbons (Fsp3) is 0.267. The van der Waals surface area contributed by atoms with Gasteiger partial charge in [-0.15, -0.1) is 0 Å². The van der Waals surface area contributed by atoms with Gasteiger partial charge in [-0.2, -0.15) is 5.26 Å². The molecule has 8 nitrogen and oxygen atoms in total. The maximum atomic E-state index is 13.4. The molecule has 2 N–H and O–H groups in total. The minimum atomic E-state index is -0.965. The number of carbonyl (C=O) groups excluding carboxylic acids is 1. The number of aliphatic carboxylic acids is 1. The van der Waals surface area contributed by atoms with Crippen molar-refractivity contribution in [3.05, 3.63) is 106 Å². The number of nitrogens with one attached hydrogen (secondary N) is 1. The fourth-order valence-corrected chi connectivity index (χ4v) is 4.74. The van der Waals surface area contributed by atoms with Crippen molar-refractivity contribution in [1.82, 2.24) is 14.1 Å². The summed E-state index contributed by atoms with van der Waals surface area (Å²) in [5, 5.41) is 21.8. The number of imidazole rings is 1. The van der Waals surface area contributed by atoms with Gasteiger partial charge < -0.3 is 19.6 Å². The molecule has 0 spiro atoms. The summed E-state index contributed by atoms with van der Waals surface area (Å²) < 4.78 is 3.65. The number of hydrogen-bond donors (Lipinski definition) is 2. The molecular weight excluding hydrogens is 514 g/mol. The molecule has 2 heterocycles. The van der Waals surface area contributed by atoms with Crippen LogP contribution in [0.1, 0.15) is 54.0 Å². The van der Waals surface area contributed by atoms with Gasteiger partial charge in [-0.05, 0) is 35.7 Å². The molecule has 0 radical (unpaired) electrons. The van der Waals surface area contributed by atoms with Crippen LogP contribution >= 0.6 is 11.6 Å². The van der Waals surface area contributed by atoms with Crippen LogP contribution < -0.4 is 5.32 Å². The van der Waals surface area contributed by atoms with Gasteiger partial charge in [0.05, 0.1) is 17.7 Å². The molecule has 0 aliphatic heterocycles. The first-order valence-electron chi connectivity index (χ1n) is 12.8. The van der Waals surface area contributed by atoms with E-state index < -0.39 is 12.0 Å². The van der Waals surface area contributed by atoms with E-state index in [4.69, 9.17) is 11.6 Å². The van der Waals surface area contributed by atoms with Crippen molar-refractivity contribution in [2.45, 2.75) is 51.6 Å². The quantitative estimate of drug-likeness (QED) is 0.240. The van der Waals surface area contributed by atoms with E-state index >= 15 is 0 Å². The van der Waals surface area contributed by atoms with Gasteiger partial charge in [-0.25, -0.2) is 4.98 Å². The number of anilines is 1. The lowest BCUT2D eigenvalue weighted by Gasteiger charge is -2.19. The highest BCUT2D eigenvalue weighted by atomic mass is 35.5. The third-order valence-corrected chi connectivity index (χ3v) is 6.82. The molecule has 0 aliphatic rings. The van der Waals surface area contributed by atoms with Crippen LogP contribution in [0.25, 0.3) is 0 Å². The van der Waals surface area contributed by atoms with E-state index in [0.717, 1.165) is 29.8 Å². The SMILES string of the molecule is CCCCc1nc(Cl)c(CC(=O)O)n1Cc1ccc(NC(=O)[C@H](Cc2ccccc2)n2ccc(C#N)c2)cc1. The van der Waals surface area contributed by atoms with E-state index in [1.54, 1.807) is 23.0 Å². The Morgan fingerprint density at radius 2 is 1.85 bits per heavy atom. The fourth-order valence-electron chi connectivity index (χ4n) is 4.47. The zero-order chi connectivity index (χ0) is 27.8. The van der Waals surface area contributed by atoms with E-state index in [9.17, 15) is 20.0 Å². The van der Waals surface area contributed by atoms with Gasteiger partial charge in [0.15, 0.2) is 5.15 Å². The number of halogens is 1. The van der Waals surface area contributed by atoms with Crippen molar-refractivity contribution < 1.29 is 14.7 Å². The van der Waals surface area contributed by atoms with E-state index in [1.165, 1.54) is 0 Å². The standard InChI is InChI=1S/C30H30ClN5O3/c1-2-3-9-27-34-29(31)25(17-28(37)38)36(27)20-22-10-12-24(13-11-22)33-30(39)26(16-21-7-5-4-6-8-21)35-15-14-23(18-32)19-35/h4-8,10-15,19,26H,2-3,9,16-17,20H2,1H3,(H,33,39)(H,37,38)/t26-/m0/s1. The Labute approximate surface area is 232 Å². The molecule has 1 atom stereocenters. The van der Waals surface area contributed by atoms with Crippen LogP contribution in [0.15, 0.2) is 73.1 Å². The Balaban J connectivity index is 1.52. The number of carbonyl (C=O) groups is 2. The maximum absolute atomic E-state index is 13.4. The van der Waals surface area contributed by atoms with Gasteiger partial charge in [-0.1, -0.05) is 67.4 Å². The van der Waals surface area contributed by atoms with Crippen LogP contribution in [0.5, 0.6) is 0 Å². The van der Waals surface area contributed by atoms with Crippen molar-refractivity contribution in [3.8, 4) is 6.07 Å². The Bertz CT molecular complexity index is 1470. The number of nitrogens with zero attached hydrogens (tertiary/aromatic N) is 4. The van der Waals surface area contributed by atoms with Gasteiger partial charge in [-0.3, -0.25) is 9.59 Å². The molecule has 2 aromatic carbocycles. The van der Waals surface area contributed by atoms with Gasteiger partial charge in [0.1, 0.15) is 17.9 Å². The Kier molecular flexibility index (Phi) is 9.18. The summed E-state index contributed by atoms with van der Waals surface area (Å²) >= 11 is 6.31. The number of aromatic nitrogens is 3. The minimum Gasteiger partial charge on any atom is -0.481 e. The molecule has 4 rings (SSSR count). The Morgan fingerprint density at radius 3 is 2.49 bits per heavy atom. The van der Waals surface area contributed by atoms with Crippen LogP contribution in [0.2, 0.25) is 5.15 Å². The molecule has 1 amide bonds. The lowest BCUT2D eigenvalue weighted by atomic mass is 10.0. The lowest BCUT2D eigenvalue weighted by molar-refractivity contribution is -0.136. The van der Waals surface area contributed by atoms with Crippen molar-refractivity contribution >= 4 is 29.2 Å². The van der Waals surface area contributed by atoms with Crippen molar-refractivity contribution in [2.24, 2.45) is 0 Å². The highest BCUT2D eigenvalue weighted by molar-refractivity contribution is 6.30. The zero-order valence-corrected chi connectivity index (χ0v) is 22.4. The van der Waals surface area contributed by atoms with Crippen molar-refractivity contribution in [1.29, 1.82) is 5.26 Å². The van der Waals surface area contributed by atoms with E-state index in [2.05, 4.69) is 23.3 Å². The number of carboxylic acids is 1. The molecule has 0 saturated carbocycles. The summed E-state index contributed by atoms with van der Waals surface area (Å²) in [5.74, 6) is -0.394. The van der Waals surface area contributed by atoms with Crippen LogP contribution in [-0.4, -0.2) is 31.1 Å². The second-order valence-electron chi connectivity index (χ2n) is 9.38. The van der Waals surface area contributed by atoms with Gasteiger partial charge in [0.2, 0.25) is 5.91 Å². The van der Waals surface area contributed by atoms with E-state index in [-0.39, 0.29) is 17.5 Å². The number of nitriles is 1. The summed E-state index contributed by atoms with van der Waals surface area (Å²) in [4.78, 5) is 29.2. The number of benzene rings is 2. The first-order chi connectivity index (χ1) is 18.9. The molecular formula is C30H30ClN5O3. The lowest BCUT2D eigenvalue weighted by Crippen LogP contribution is -2.27. The minimum absolute atomic E-state index is 0.196. The van der Waals surface area contributed by atoms with Gasteiger partial charge in [0, 0.05) is 37.5 Å². The van der Waals surface area contributed by atoms with Crippen molar-refractivity contribution in [2.75, 3.05) is 5.32 Å². The third kappa shape index (κ3) is 7.15. The van der Waals surface area contributed by atoms with Crippen LogP contribution in [0.4, 0.5) is 5.69 Å². The van der Waals surface area contributed by atoms with E-state index in [0.29, 0.717) is 36.3 Å². The molecule has 4 aromatic rings. The average Bonchev–Trinajstić information content (AvgIpc) is 3.52. The number of aryl methyl sites for hydroxylation is 1. The van der Waals surface area contributed by atoms with E-state index in [1.807, 2.05) is 59.2 Å². The Morgan fingerprint density at radius 1 is 1.10 bits per heavy atom. The first kappa shape index (κ1) is 27.7. The average molecular weight is 544 g/mol. The summed E-state index contributed by atoms with van der Waals surface area (Å²) in [6.07, 6.45) is 6.30. The smallest absolute Gasteiger partial charge is 0.309 e. The number of hydrogen-bond acceptors (Lipinski definition) is 4. The van der Waals surface area contributed by atoms with Gasteiger partial charge in [0.25, 0.3) is 0 Å². The molecule has 0 saturated heterocycles. The predicted octanol–water partition coefficient (Wildman–Crippen LogP) is 5.65. The summed E-state index contributed by atoms with van der Waals surface area (Å²) in [5.41, 5.74) is 3.55. The molecule has 200 valence electrons. The monoisotopic (exact) mass is 543 g/mol. The third-order valence-electron chi connectivity index (χ3n) is 6.52. The number of rotatable bonds is 12. The molecule has 0 fully saturated rings. The zero-order valence-electron chi connectivity index (χ0n) is 21.7. The topological polar surface area (TPSA) is 113 Å². The van der Waals surface area contributed by atoms with Crippen LogP contribution in [0, 0.1) is 11.3 Å². The number of unbranched alkanes of at least 4 members (excludes halogenated alkanes) is 1. The summed E-state index contributed by atoms with van der Waals surface area (Å²) in [6, 6.07) is 20.4. The highest BCUT2D eigenvalue weighted by Gasteiger charge is 2.22. The molecule has 9 heteroatoms. The largest absolute Gasteiger partial charge is 0.481 e. The Hall–Kier alpha value is -4.35. The second kappa shape index (κ2) is 12.9. The molecule has 0 aliphatic carbocycles. The normalized spacial score (nSPS) is 11.6. The molecule has 39 heavy (non-hydrogen) atoms. The highest BCUT2D eigenvalue weighted by Crippen LogP contribution is 2.23.